The molecule has 0 saturated heterocycles. The summed E-state index contributed by atoms with van der Waals surface area (Å²) in [6, 6.07) is 0.217. The Bertz CT molecular complexity index is 210. The number of nitrogens with one attached hydrogen (secondary N) is 2. The molecular formula is C13H28N2O3. The second-order valence-electron chi connectivity index (χ2n) is 4.59. The molecule has 0 spiro atoms. The van der Waals surface area contributed by atoms with Crippen LogP contribution in [0.15, 0.2) is 0 Å². The van der Waals surface area contributed by atoms with Crippen molar-refractivity contribution in [3.63, 3.8) is 0 Å². The van der Waals surface area contributed by atoms with Gasteiger partial charge in [-0.1, -0.05) is 13.8 Å². The molecule has 5 heteroatoms. The van der Waals surface area contributed by atoms with Crippen LogP contribution < -0.4 is 10.6 Å². The Morgan fingerprint density at radius 3 is 2.61 bits per heavy atom. The molecule has 2 N–H and O–H groups in total. The van der Waals surface area contributed by atoms with Gasteiger partial charge in [0.05, 0.1) is 13.2 Å². The minimum Gasteiger partial charge on any atom is -0.385 e. The summed E-state index contributed by atoms with van der Waals surface area (Å²) in [5.74, 6) is 0.464. The molecule has 5 nitrogen and oxygen atoms in total. The first-order valence-corrected chi connectivity index (χ1v) is 6.68. The Labute approximate surface area is 111 Å². The van der Waals surface area contributed by atoms with Gasteiger partial charge in [-0.15, -0.1) is 0 Å². The van der Waals surface area contributed by atoms with Gasteiger partial charge in [0.1, 0.15) is 0 Å². The molecule has 0 rings (SSSR count). The fourth-order valence-corrected chi connectivity index (χ4v) is 1.46. The fourth-order valence-electron chi connectivity index (χ4n) is 1.46. The number of ether oxygens (including phenoxy) is 2. The molecule has 0 radical (unpaired) electrons. The van der Waals surface area contributed by atoms with Crippen LogP contribution in [-0.2, 0) is 14.3 Å². The van der Waals surface area contributed by atoms with Crippen LogP contribution in [0.4, 0.5) is 0 Å². The summed E-state index contributed by atoms with van der Waals surface area (Å²) >= 11 is 0. The molecule has 0 aliphatic carbocycles. The van der Waals surface area contributed by atoms with Crippen molar-refractivity contribution < 1.29 is 14.3 Å². The van der Waals surface area contributed by atoms with E-state index in [-0.39, 0.29) is 11.9 Å². The van der Waals surface area contributed by atoms with Crippen LogP contribution in [0.25, 0.3) is 0 Å². The third-order valence-electron chi connectivity index (χ3n) is 2.68. The summed E-state index contributed by atoms with van der Waals surface area (Å²) < 4.78 is 10.3. The summed E-state index contributed by atoms with van der Waals surface area (Å²) in [7, 11) is 1.66. The molecule has 0 saturated carbocycles. The largest absolute Gasteiger partial charge is 0.385 e. The predicted octanol–water partition coefficient (Wildman–Crippen LogP) is 0.790. The van der Waals surface area contributed by atoms with E-state index in [0.29, 0.717) is 38.8 Å². The molecule has 0 aromatic carbocycles. The van der Waals surface area contributed by atoms with Crippen LogP contribution in [0.3, 0.4) is 0 Å². The van der Waals surface area contributed by atoms with Crippen molar-refractivity contribution in [3.8, 4) is 0 Å². The normalized spacial score (nSPS) is 12.7. The molecule has 0 aromatic rings. The zero-order valence-corrected chi connectivity index (χ0v) is 12.1. The number of hydrogen-bond acceptors (Lipinski definition) is 4. The van der Waals surface area contributed by atoms with Crippen molar-refractivity contribution in [1.29, 1.82) is 0 Å². The Hall–Kier alpha value is -0.650. The minimum atomic E-state index is 0.0215. The Morgan fingerprint density at radius 2 is 2.06 bits per heavy atom. The molecule has 1 unspecified atom stereocenters. The summed E-state index contributed by atoms with van der Waals surface area (Å²) in [6.07, 6.45) is 0.842. The van der Waals surface area contributed by atoms with Crippen LogP contribution in [0.5, 0.6) is 0 Å². The molecule has 0 aliphatic heterocycles. The van der Waals surface area contributed by atoms with E-state index in [2.05, 4.69) is 24.5 Å². The van der Waals surface area contributed by atoms with Crippen molar-refractivity contribution in [2.24, 2.45) is 5.92 Å². The number of rotatable bonds is 11. The van der Waals surface area contributed by atoms with Gasteiger partial charge >= 0.3 is 0 Å². The molecular weight excluding hydrogens is 232 g/mol. The van der Waals surface area contributed by atoms with Gasteiger partial charge in [0.15, 0.2) is 0 Å². The van der Waals surface area contributed by atoms with Crippen molar-refractivity contribution in [2.45, 2.75) is 33.2 Å². The molecule has 1 atom stereocenters. The second kappa shape index (κ2) is 11.4. The van der Waals surface area contributed by atoms with E-state index in [1.807, 2.05) is 6.92 Å². The quantitative estimate of drug-likeness (QED) is 0.539. The first-order valence-electron chi connectivity index (χ1n) is 6.68. The van der Waals surface area contributed by atoms with E-state index in [0.717, 1.165) is 6.42 Å². The summed E-state index contributed by atoms with van der Waals surface area (Å²) in [6.45, 7) is 9.22. The van der Waals surface area contributed by atoms with Crippen molar-refractivity contribution in [2.75, 3.05) is 40.0 Å². The number of hydrogen-bond donors (Lipinski definition) is 2. The van der Waals surface area contributed by atoms with Gasteiger partial charge < -0.3 is 20.1 Å². The lowest BCUT2D eigenvalue weighted by Crippen LogP contribution is -2.44. The van der Waals surface area contributed by atoms with Gasteiger partial charge in [-0.2, -0.15) is 0 Å². The van der Waals surface area contributed by atoms with Crippen LogP contribution in [0.1, 0.15) is 27.2 Å². The van der Waals surface area contributed by atoms with Gasteiger partial charge in [-0.05, 0) is 19.3 Å². The lowest BCUT2D eigenvalue weighted by molar-refractivity contribution is -0.120. The van der Waals surface area contributed by atoms with Crippen LogP contribution in [0.2, 0.25) is 0 Å². The molecule has 0 bridgehead atoms. The fraction of sp³-hybridized carbons (Fsp3) is 0.923. The van der Waals surface area contributed by atoms with Gasteiger partial charge in [0.25, 0.3) is 0 Å². The lowest BCUT2D eigenvalue weighted by atomic mass is 10.1. The summed E-state index contributed by atoms with van der Waals surface area (Å²) in [5, 5.41) is 6.07. The van der Waals surface area contributed by atoms with E-state index in [1.165, 1.54) is 0 Å². The smallest absolute Gasteiger partial charge is 0.233 e. The van der Waals surface area contributed by atoms with Crippen molar-refractivity contribution in [3.05, 3.63) is 0 Å². The van der Waals surface area contributed by atoms with E-state index in [1.54, 1.807) is 7.11 Å². The second-order valence-corrected chi connectivity index (χ2v) is 4.59. The molecule has 108 valence electrons. The van der Waals surface area contributed by atoms with E-state index in [4.69, 9.17) is 9.47 Å². The van der Waals surface area contributed by atoms with Crippen molar-refractivity contribution in [1.82, 2.24) is 10.6 Å². The number of carbonyl (C=O) groups excluding carboxylic acids is 1. The maximum atomic E-state index is 11.6. The van der Waals surface area contributed by atoms with Gasteiger partial charge in [0.2, 0.25) is 5.91 Å². The average Bonchev–Trinajstić information content (AvgIpc) is 2.34. The highest BCUT2D eigenvalue weighted by atomic mass is 16.5. The van der Waals surface area contributed by atoms with Crippen molar-refractivity contribution >= 4 is 5.91 Å². The monoisotopic (exact) mass is 260 g/mol. The molecule has 18 heavy (non-hydrogen) atoms. The molecule has 0 heterocycles. The summed E-state index contributed by atoms with van der Waals surface area (Å²) in [4.78, 5) is 11.6. The van der Waals surface area contributed by atoms with Crippen LogP contribution in [-0.4, -0.2) is 52.0 Å². The average molecular weight is 260 g/mol. The SMILES string of the molecule is CCOCC(NCC(=O)NCCCOC)C(C)C. The van der Waals surface area contributed by atoms with Gasteiger partial charge in [0, 0.05) is 32.9 Å². The first kappa shape index (κ1) is 17.4. The molecule has 0 fully saturated rings. The van der Waals surface area contributed by atoms with E-state index in [9.17, 15) is 4.79 Å². The Morgan fingerprint density at radius 1 is 1.33 bits per heavy atom. The van der Waals surface area contributed by atoms with E-state index < -0.39 is 0 Å². The molecule has 1 amide bonds. The highest BCUT2D eigenvalue weighted by molar-refractivity contribution is 5.77. The standard InChI is InChI=1S/C13H28N2O3/c1-5-18-10-12(11(2)3)15-9-13(16)14-7-6-8-17-4/h11-12,15H,5-10H2,1-4H3,(H,14,16). The molecule has 0 aromatic heterocycles. The minimum absolute atomic E-state index is 0.0215. The number of methoxy groups -OCH3 is 1. The maximum absolute atomic E-state index is 11.6. The van der Waals surface area contributed by atoms with Gasteiger partial charge in [-0.3, -0.25) is 4.79 Å². The lowest BCUT2D eigenvalue weighted by Gasteiger charge is -2.21. The highest BCUT2D eigenvalue weighted by Crippen LogP contribution is 2.01. The third kappa shape index (κ3) is 9.39. The van der Waals surface area contributed by atoms with Crippen LogP contribution >= 0.6 is 0 Å². The number of amides is 1. The Balaban J connectivity index is 3.71. The first-order chi connectivity index (χ1) is 8.61. The zero-order chi connectivity index (χ0) is 13.8. The Kier molecular flexibility index (Phi) is 11.0. The highest BCUT2D eigenvalue weighted by Gasteiger charge is 2.13. The number of carbonyl (C=O) groups is 1. The third-order valence-corrected chi connectivity index (χ3v) is 2.68. The maximum Gasteiger partial charge on any atom is 0.233 e. The van der Waals surface area contributed by atoms with Gasteiger partial charge in [-0.25, -0.2) is 0 Å². The molecule has 0 aliphatic rings. The summed E-state index contributed by atoms with van der Waals surface area (Å²) in [5.41, 5.74) is 0. The topological polar surface area (TPSA) is 59.6 Å². The van der Waals surface area contributed by atoms with Crippen LogP contribution in [0, 0.1) is 5.92 Å². The zero-order valence-electron chi connectivity index (χ0n) is 12.1. The van der Waals surface area contributed by atoms with E-state index >= 15 is 0 Å². The predicted molar refractivity (Wildman–Crippen MR) is 72.6 cm³/mol.